The van der Waals surface area contributed by atoms with Crippen LogP contribution in [0.4, 0.5) is 0 Å². The summed E-state index contributed by atoms with van der Waals surface area (Å²) in [7, 11) is 0. The van der Waals surface area contributed by atoms with E-state index in [1.165, 1.54) is 0 Å². The molecule has 3 rings (SSSR count). The molecule has 5 heteroatoms. The first-order chi connectivity index (χ1) is 9.63. The lowest BCUT2D eigenvalue weighted by molar-refractivity contribution is 0.486. The highest BCUT2D eigenvalue weighted by molar-refractivity contribution is 9.10. The molecule has 0 aliphatic carbocycles. The van der Waals surface area contributed by atoms with Crippen LogP contribution in [0.15, 0.2) is 47.2 Å². The van der Waals surface area contributed by atoms with Gasteiger partial charge in [0.15, 0.2) is 5.75 Å². The Labute approximate surface area is 129 Å². The van der Waals surface area contributed by atoms with Gasteiger partial charge in [0.25, 0.3) is 0 Å². The van der Waals surface area contributed by atoms with E-state index in [0.717, 1.165) is 15.6 Å². The van der Waals surface area contributed by atoms with Gasteiger partial charge in [-0.15, -0.1) is 0 Å². The highest BCUT2D eigenvalue weighted by Gasteiger charge is 2.09. The van der Waals surface area contributed by atoms with Crippen LogP contribution in [0.2, 0.25) is 5.02 Å². The summed E-state index contributed by atoms with van der Waals surface area (Å²) in [6.07, 6.45) is 3.41. The third-order valence-corrected chi connectivity index (χ3v) is 3.56. The summed E-state index contributed by atoms with van der Waals surface area (Å²) in [5, 5.41) is 0.567. The second-order valence-electron chi connectivity index (χ2n) is 4.37. The van der Waals surface area contributed by atoms with Gasteiger partial charge < -0.3 is 4.74 Å². The van der Waals surface area contributed by atoms with Gasteiger partial charge in [-0.25, -0.2) is 4.98 Å². The smallest absolute Gasteiger partial charge is 0.156 e. The summed E-state index contributed by atoms with van der Waals surface area (Å²) < 4.78 is 6.77. The molecule has 0 amide bonds. The van der Waals surface area contributed by atoms with Crippen LogP contribution < -0.4 is 4.74 Å². The van der Waals surface area contributed by atoms with Crippen molar-refractivity contribution >= 4 is 38.6 Å². The van der Waals surface area contributed by atoms with E-state index < -0.39 is 0 Å². The number of halogens is 2. The number of benzene rings is 1. The summed E-state index contributed by atoms with van der Waals surface area (Å²) >= 11 is 9.53. The number of rotatable bonds is 2. The Hall–Kier alpha value is -1.65. The van der Waals surface area contributed by atoms with E-state index in [1.807, 2.05) is 31.2 Å². The molecule has 0 atom stereocenters. The van der Waals surface area contributed by atoms with E-state index in [-0.39, 0.29) is 0 Å². The third kappa shape index (κ3) is 2.62. The highest BCUT2D eigenvalue weighted by Crippen LogP contribution is 2.33. The molecule has 0 spiro atoms. The Kier molecular flexibility index (Phi) is 3.59. The second kappa shape index (κ2) is 5.38. The number of hydrogen-bond acceptors (Lipinski definition) is 3. The second-order valence-corrected chi connectivity index (χ2v) is 5.69. The molecule has 3 aromatic rings. The molecule has 0 unspecified atom stereocenters. The molecule has 0 fully saturated rings. The summed E-state index contributed by atoms with van der Waals surface area (Å²) in [5.41, 5.74) is 2.55. The van der Waals surface area contributed by atoms with Gasteiger partial charge in [0.2, 0.25) is 0 Å². The van der Waals surface area contributed by atoms with E-state index in [2.05, 4.69) is 25.9 Å². The van der Waals surface area contributed by atoms with E-state index in [9.17, 15) is 0 Å². The molecule has 100 valence electrons. The van der Waals surface area contributed by atoms with Gasteiger partial charge in [-0.2, -0.15) is 0 Å². The summed E-state index contributed by atoms with van der Waals surface area (Å²) in [6.45, 7) is 1.99. The first kappa shape index (κ1) is 13.3. The number of ether oxygens (including phenoxy) is 1. The number of nitrogens with zero attached hydrogens (tertiary/aromatic N) is 2. The molecule has 0 radical (unpaired) electrons. The van der Waals surface area contributed by atoms with Crippen molar-refractivity contribution in [2.24, 2.45) is 0 Å². The van der Waals surface area contributed by atoms with Gasteiger partial charge in [0, 0.05) is 22.9 Å². The molecule has 0 saturated carbocycles. The number of hydrogen-bond donors (Lipinski definition) is 0. The molecule has 2 aromatic heterocycles. The normalized spacial score (nSPS) is 10.8. The number of fused-ring (bicyclic) bond motifs is 1. The predicted molar refractivity (Wildman–Crippen MR) is 83.5 cm³/mol. The topological polar surface area (TPSA) is 35.0 Å². The first-order valence-electron chi connectivity index (χ1n) is 5.98. The molecular weight excluding hydrogens is 340 g/mol. The zero-order chi connectivity index (χ0) is 14.1. The Morgan fingerprint density at radius 3 is 2.80 bits per heavy atom. The molecule has 1 aromatic carbocycles. The van der Waals surface area contributed by atoms with Gasteiger partial charge in [0.1, 0.15) is 11.3 Å². The Bertz CT molecular complexity index is 792. The molecular formula is C15H10BrClN2O. The standard InChI is InChI=1S/C15H10BrClN2O/c1-9-2-3-11(17)14(6-9)20-13-4-5-18-12-7-10(16)8-19-15(12)13/h2-8H,1H3. The van der Waals surface area contributed by atoms with Crippen molar-refractivity contribution in [1.82, 2.24) is 9.97 Å². The van der Waals surface area contributed by atoms with Gasteiger partial charge in [-0.1, -0.05) is 17.7 Å². The van der Waals surface area contributed by atoms with E-state index in [1.54, 1.807) is 18.5 Å². The maximum Gasteiger partial charge on any atom is 0.156 e. The van der Waals surface area contributed by atoms with Gasteiger partial charge in [-0.05, 0) is 46.6 Å². The lowest BCUT2D eigenvalue weighted by Gasteiger charge is -2.10. The maximum absolute atomic E-state index is 6.15. The van der Waals surface area contributed by atoms with Crippen molar-refractivity contribution < 1.29 is 4.74 Å². The summed E-state index contributed by atoms with van der Waals surface area (Å²) in [6, 6.07) is 9.33. The number of aryl methyl sites for hydroxylation is 1. The average Bonchev–Trinajstić information content (AvgIpc) is 2.43. The van der Waals surface area contributed by atoms with Crippen molar-refractivity contribution in [3.05, 3.63) is 57.8 Å². The molecule has 0 bridgehead atoms. The molecule has 20 heavy (non-hydrogen) atoms. The lowest BCUT2D eigenvalue weighted by atomic mass is 10.2. The van der Waals surface area contributed by atoms with Crippen LogP contribution in [0.1, 0.15) is 5.56 Å². The van der Waals surface area contributed by atoms with Crippen LogP contribution in [0.5, 0.6) is 11.5 Å². The molecule has 0 N–H and O–H groups in total. The minimum absolute atomic E-state index is 0.567. The van der Waals surface area contributed by atoms with Gasteiger partial charge >= 0.3 is 0 Å². The maximum atomic E-state index is 6.15. The van der Waals surface area contributed by atoms with Crippen LogP contribution in [0.25, 0.3) is 11.0 Å². The van der Waals surface area contributed by atoms with Crippen LogP contribution in [-0.2, 0) is 0 Å². The van der Waals surface area contributed by atoms with Crippen LogP contribution in [-0.4, -0.2) is 9.97 Å². The quantitative estimate of drug-likeness (QED) is 0.642. The minimum atomic E-state index is 0.567. The summed E-state index contributed by atoms with van der Waals surface area (Å²) in [4.78, 5) is 8.63. The van der Waals surface area contributed by atoms with Crippen molar-refractivity contribution in [2.75, 3.05) is 0 Å². The van der Waals surface area contributed by atoms with E-state index in [4.69, 9.17) is 16.3 Å². The average molecular weight is 350 g/mol. The van der Waals surface area contributed by atoms with Crippen molar-refractivity contribution in [3.63, 3.8) is 0 Å². The van der Waals surface area contributed by atoms with Gasteiger partial charge in [0.05, 0.1) is 10.5 Å². The predicted octanol–water partition coefficient (Wildman–Crippen LogP) is 5.15. The van der Waals surface area contributed by atoms with Crippen LogP contribution in [0.3, 0.4) is 0 Å². The SMILES string of the molecule is Cc1ccc(Cl)c(Oc2ccnc3cc(Br)cnc23)c1. The van der Waals surface area contributed by atoms with Crippen molar-refractivity contribution in [2.45, 2.75) is 6.92 Å². The summed E-state index contributed by atoms with van der Waals surface area (Å²) in [5.74, 6) is 1.25. The van der Waals surface area contributed by atoms with Crippen LogP contribution >= 0.6 is 27.5 Å². The first-order valence-corrected chi connectivity index (χ1v) is 7.15. The highest BCUT2D eigenvalue weighted by atomic mass is 79.9. The third-order valence-electron chi connectivity index (χ3n) is 2.81. The monoisotopic (exact) mass is 348 g/mol. The van der Waals surface area contributed by atoms with E-state index >= 15 is 0 Å². The molecule has 3 nitrogen and oxygen atoms in total. The van der Waals surface area contributed by atoms with Gasteiger partial charge in [-0.3, -0.25) is 4.98 Å². The number of aromatic nitrogens is 2. The fourth-order valence-electron chi connectivity index (χ4n) is 1.87. The molecule has 0 saturated heterocycles. The lowest BCUT2D eigenvalue weighted by Crippen LogP contribution is -1.91. The van der Waals surface area contributed by atoms with Crippen molar-refractivity contribution in [3.8, 4) is 11.5 Å². The molecule has 2 heterocycles. The fraction of sp³-hybridized carbons (Fsp3) is 0.0667. The van der Waals surface area contributed by atoms with Crippen molar-refractivity contribution in [1.29, 1.82) is 0 Å². The zero-order valence-electron chi connectivity index (χ0n) is 10.6. The molecule has 0 aliphatic heterocycles. The minimum Gasteiger partial charge on any atom is -0.453 e. The largest absolute Gasteiger partial charge is 0.453 e. The Morgan fingerprint density at radius 2 is 1.95 bits per heavy atom. The number of pyridine rings is 2. The Balaban J connectivity index is 2.09. The molecule has 0 aliphatic rings. The fourth-order valence-corrected chi connectivity index (χ4v) is 2.35. The zero-order valence-corrected chi connectivity index (χ0v) is 12.9. The Morgan fingerprint density at radius 1 is 1.10 bits per heavy atom. The van der Waals surface area contributed by atoms with E-state index in [0.29, 0.717) is 22.0 Å². The van der Waals surface area contributed by atoms with Crippen LogP contribution in [0, 0.1) is 6.92 Å².